The summed E-state index contributed by atoms with van der Waals surface area (Å²) >= 11 is 0. The van der Waals surface area contributed by atoms with Crippen LogP contribution in [0.25, 0.3) is 0 Å². The van der Waals surface area contributed by atoms with Crippen LogP contribution in [0.5, 0.6) is 0 Å². The van der Waals surface area contributed by atoms with E-state index in [2.05, 4.69) is 21.5 Å². The number of amides is 3. The minimum Gasteiger partial charge on any atom is -0.442 e. The summed E-state index contributed by atoms with van der Waals surface area (Å²) in [5.74, 6) is -0.776. The van der Waals surface area contributed by atoms with Gasteiger partial charge in [-0.15, -0.1) is 0 Å². The first-order chi connectivity index (χ1) is 11.5. The van der Waals surface area contributed by atoms with Gasteiger partial charge in [0.2, 0.25) is 12.3 Å². The average Bonchev–Trinajstić information content (AvgIpc) is 2.92. The lowest BCUT2D eigenvalue weighted by Crippen LogP contribution is -2.34. The molecule has 0 aliphatic carbocycles. The van der Waals surface area contributed by atoms with Crippen LogP contribution in [0.4, 0.5) is 20.6 Å². The maximum absolute atomic E-state index is 14.1. The van der Waals surface area contributed by atoms with Crippen molar-refractivity contribution in [1.29, 1.82) is 0 Å². The van der Waals surface area contributed by atoms with Crippen LogP contribution in [-0.4, -0.2) is 44.3 Å². The highest BCUT2D eigenvalue weighted by Gasteiger charge is 2.32. The predicted molar refractivity (Wildman–Crippen MR) is 83.5 cm³/mol. The van der Waals surface area contributed by atoms with Crippen LogP contribution in [0.3, 0.4) is 0 Å². The van der Waals surface area contributed by atoms with Crippen LogP contribution in [0.2, 0.25) is 0 Å². The minimum absolute atomic E-state index is 0.125. The van der Waals surface area contributed by atoms with Crippen molar-refractivity contribution < 1.29 is 23.5 Å². The number of halogens is 1. The number of carbonyl (C=O) groups excluding carboxylic acids is 3. The molecule has 2 rings (SSSR count). The highest BCUT2D eigenvalue weighted by molar-refractivity contribution is 5.90. The third-order valence-corrected chi connectivity index (χ3v) is 3.25. The van der Waals surface area contributed by atoms with E-state index in [-0.39, 0.29) is 31.4 Å². The molecule has 1 fully saturated rings. The smallest absolute Gasteiger partial charge is 0.414 e. The van der Waals surface area contributed by atoms with Gasteiger partial charge in [-0.1, -0.05) is 0 Å². The molecule has 0 saturated carbocycles. The molecule has 0 unspecified atom stereocenters. The first-order valence-electron chi connectivity index (χ1n) is 7.19. The second-order valence-corrected chi connectivity index (χ2v) is 5.01. The Bertz CT molecular complexity index is 627. The number of hydrazine groups is 1. The highest BCUT2D eigenvalue weighted by atomic mass is 19.1. The lowest BCUT2D eigenvalue weighted by molar-refractivity contribution is -0.119. The van der Waals surface area contributed by atoms with Crippen molar-refractivity contribution in [3.8, 4) is 0 Å². The maximum atomic E-state index is 14.1. The zero-order chi connectivity index (χ0) is 17.5. The number of nitrogens with zero attached hydrogens (tertiary/aromatic N) is 1. The Morgan fingerprint density at radius 3 is 2.96 bits per heavy atom. The number of cyclic esters (lactones) is 1. The van der Waals surface area contributed by atoms with Crippen molar-refractivity contribution >= 4 is 29.8 Å². The molecule has 1 atom stereocenters. The monoisotopic (exact) mass is 339 g/mol. The largest absolute Gasteiger partial charge is 0.442 e. The number of anilines is 2. The molecular weight excluding hydrogens is 321 g/mol. The zero-order valence-corrected chi connectivity index (χ0v) is 13.0. The standard InChI is InChI=1S/C14H18FN5O4/c1-9(22)16-5-11-6-20(14(23)24-11)10-2-3-13(12(15)4-10)17-7-18-19-8-21/h2-4,8,11,17-18H,5-7H2,1H3,(H,16,22)(H,19,21)/t11-/m0/s1. The number of carbonyl (C=O) groups is 3. The van der Waals surface area contributed by atoms with Gasteiger partial charge < -0.3 is 15.4 Å². The normalized spacial score (nSPS) is 16.5. The molecule has 4 N–H and O–H groups in total. The quantitative estimate of drug-likeness (QED) is 0.228. The van der Waals surface area contributed by atoms with Crippen LogP contribution < -0.4 is 26.4 Å². The van der Waals surface area contributed by atoms with Gasteiger partial charge in [0.25, 0.3) is 0 Å². The molecule has 9 nitrogen and oxygen atoms in total. The fraction of sp³-hybridized carbons (Fsp3) is 0.357. The topological polar surface area (TPSA) is 112 Å². The van der Waals surface area contributed by atoms with E-state index in [1.807, 2.05) is 0 Å². The van der Waals surface area contributed by atoms with E-state index in [0.717, 1.165) is 0 Å². The van der Waals surface area contributed by atoms with Crippen LogP contribution in [0, 0.1) is 5.82 Å². The molecule has 1 saturated heterocycles. The SMILES string of the molecule is CC(=O)NC[C@H]1CN(c2ccc(NCNNC=O)c(F)c2)C(=O)O1. The van der Waals surface area contributed by atoms with Crippen LogP contribution >= 0.6 is 0 Å². The van der Waals surface area contributed by atoms with Crippen LogP contribution in [0.15, 0.2) is 18.2 Å². The molecule has 10 heteroatoms. The summed E-state index contributed by atoms with van der Waals surface area (Å²) in [6.07, 6.45) is -0.625. The molecular formula is C14H18FN5O4. The lowest BCUT2D eigenvalue weighted by atomic mass is 10.2. The first kappa shape index (κ1) is 17.5. The van der Waals surface area contributed by atoms with Gasteiger partial charge in [0.1, 0.15) is 11.9 Å². The Kier molecular flexibility index (Phi) is 5.90. The molecule has 1 heterocycles. The number of nitrogens with one attached hydrogen (secondary N) is 4. The number of hydrogen-bond acceptors (Lipinski definition) is 6. The van der Waals surface area contributed by atoms with Crippen molar-refractivity contribution in [2.75, 3.05) is 30.0 Å². The minimum atomic E-state index is -0.595. The van der Waals surface area contributed by atoms with Gasteiger partial charge >= 0.3 is 6.09 Å². The molecule has 24 heavy (non-hydrogen) atoms. The van der Waals surface area contributed by atoms with E-state index in [9.17, 15) is 18.8 Å². The van der Waals surface area contributed by atoms with Gasteiger partial charge in [0.05, 0.1) is 31.1 Å². The maximum Gasteiger partial charge on any atom is 0.414 e. The number of benzene rings is 1. The van der Waals surface area contributed by atoms with Gasteiger partial charge in [0, 0.05) is 6.92 Å². The Labute approximate surface area is 137 Å². The van der Waals surface area contributed by atoms with Gasteiger partial charge in [-0.05, 0) is 18.2 Å². The van der Waals surface area contributed by atoms with E-state index in [4.69, 9.17) is 4.74 Å². The lowest BCUT2D eigenvalue weighted by Gasteiger charge is -2.15. The number of ether oxygens (including phenoxy) is 1. The summed E-state index contributed by atoms with van der Waals surface area (Å²) < 4.78 is 19.2. The van der Waals surface area contributed by atoms with Crippen LogP contribution in [-0.2, 0) is 14.3 Å². The molecule has 1 aliphatic heterocycles. The van der Waals surface area contributed by atoms with E-state index < -0.39 is 18.0 Å². The molecule has 1 aliphatic rings. The van der Waals surface area contributed by atoms with Gasteiger partial charge in [0.15, 0.2) is 0 Å². The Morgan fingerprint density at radius 1 is 1.50 bits per heavy atom. The Morgan fingerprint density at radius 2 is 2.29 bits per heavy atom. The zero-order valence-electron chi connectivity index (χ0n) is 13.0. The van der Waals surface area contributed by atoms with E-state index in [0.29, 0.717) is 12.1 Å². The fourth-order valence-corrected chi connectivity index (χ4v) is 2.14. The second kappa shape index (κ2) is 8.11. The molecule has 0 radical (unpaired) electrons. The number of rotatable bonds is 8. The Hall–Kier alpha value is -2.88. The van der Waals surface area contributed by atoms with E-state index in [1.54, 1.807) is 6.07 Å². The third kappa shape index (κ3) is 4.56. The molecule has 0 spiro atoms. The first-order valence-corrected chi connectivity index (χ1v) is 7.19. The van der Waals surface area contributed by atoms with Crippen LogP contribution in [0.1, 0.15) is 6.92 Å². The molecule has 3 amide bonds. The van der Waals surface area contributed by atoms with Crippen molar-refractivity contribution in [2.24, 2.45) is 0 Å². The molecule has 0 bridgehead atoms. The highest BCUT2D eigenvalue weighted by Crippen LogP contribution is 2.25. The summed E-state index contributed by atoms with van der Waals surface area (Å²) in [6.45, 7) is 1.92. The third-order valence-electron chi connectivity index (χ3n) is 3.25. The predicted octanol–water partition coefficient (Wildman–Crippen LogP) is -0.0930. The van der Waals surface area contributed by atoms with E-state index in [1.165, 1.54) is 24.0 Å². The molecule has 0 aromatic heterocycles. The average molecular weight is 339 g/mol. The fourth-order valence-electron chi connectivity index (χ4n) is 2.14. The van der Waals surface area contributed by atoms with Gasteiger partial charge in [-0.2, -0.15) is 0 Å². The molecule has 130 valence electrons. The summed E-state index contributed by atoms with van der Waals surface area (Å²) in [6, 6.07) is 4.25. The molecule has 1 aromatic carbocycles. The second-order valence-electron chi connectivity index (χ2n) is 5.01. The number of hydrogen-bond donors (Lipinski definition) is 4. The van der Waals surface area contributed by atoms with Crippen molar-refractivity contribution in [2.45, 2.75) is 13.0 Å². The van der Waals surface area contributed by atoms with Crippen molar-refractivity contribution in [1.82, 2.24) is 16.2 Å². The van der Waals surface area contributed by atoms with Gasteiger partial charge in [-0.25, -0.2) is 14.6 Å². The summed E-state index contributed by atoms with van der Waals surface area (Å²) in [4.78, 5) is 34.1. The summed E-state index contributed by atoms with van der Waals surface area (Å²) in [5, 5.41) is 5.30. The van der Waals surface area contributed by atoms with Crippen molar-refractivity contribution in [3.63, 3.8) is 0 Å². The Balaban J connectivity index is 1.96. The van der Waals surface area contributed by atoms with E-state index >= 15 is 0 Å². The summed E-state index contributed by atoms with van der Waals surface area (Å²) in [5.41, 5.74) is 5.27. The van der Waals surface area contributed by atoms with Crippen molar-refractivity contribution in [3.05, 3.63) is 24.0 Å². The van der Waals surface area contributed by atoms with Gasteiger partial charge in [-0.3, -0.25) is 19.9 Å². The summed E-state index contributed by atoms with van der Waals surface area (Å²) in [7, 11) is 0. The molecule has 1 aromatic rings.